The standard InChI is InChI=1S/C10H18N6O/c1-2-7-3-4-11-8(5-7)10(17)12-6-9-13-15-16-14-9/h7-8,11H,2-6H2,1H3,(H,12,17)(H,13,14,15,16). The number of H-pyrrole nitrogens is 1. The fourth-order valence-electron chi connectivity index (χ4n) is 2.11. The van der Waals surface area contributed by atoms with Gasteiger partial charge in [0.2, 0.25) is 5.91 Å². The third-order valence-electron chi connectivity index (χ3n) is 3.22. The van der Waals surface area contributed by atoms with Crippen molar-refractivity contribution in [1.29, 1.82) is 0 Å². The van der Waals surface area contributed by atoms with Gasteiger partial charge in [0.1, 0.15) is 0 Å². The first-order valence-electron chi connectivity index (χ1n) is 6.03. The van der Waals surface area contributed by atoms with Gasteiger partial charge in [-0.25, -0.2) is 0 Å². The zero-order valence-electron chi connectivity index (χ0n) is 9.94. The fourth-order valence-corrected chi connectivity index (χ4v) is 2.11. The Morgan fingerprint density at radius 1 is 1.59 bits per heavy atom. The number of aromatic nitrogens is 4. The Morgan fingerprint density at radius 2 is 2.47 bits per heavy atom. The number of carbonyl (C=O) groups excluding carboxylic acids is 1. The first-order valence-corrected chi connectivity index (χ1v) is 6.03. The minimum absolute atomic E-state index is 0.0213. The number of hydrogen-bond donors (Lipinski definition) is 3. The molecule has 0 aliphatic carbocycles. The lowest BCUT2D eigenvalue weighted by molar-refractivity contribution is -0.124. The molecule has 1 aromatic heterocycles. The molecule has 1 amide bonds. The number of hydrogen-bond acceptors (Lipinski definition) is 5. The number of piperidine rings is 1. The molecule has 1 fully saturated rings. The quantitative estimate of drug-likeness (QED) is 0.663. The number of carbonyl (C=O) groups is 1. The van der Waals surface area contributed by atoms with Crippen molar-refractivity contribution in [2.24, 2.45) is 5.92 Å². The van der Waals surface area contributed by atoms with Gasteiger partial charge in [0, 0.05) is 0 Å². The van der Waals surface area contributed by atoms with Gasteiger partial charge in [0.15, 0.2) is 5.82 Å². The third-order valence-corrected chi connectivity index (χ3v) is 3.22. The van der Waals surface area contributed by atoms with Gasteiger partial charge in [0.25, 0.3) is 0 Å². The summed E-state index contributed by atoms with van der Waals surface area (Å²) in [5.41, 5.74) is 0. The molecule has 2 rings (SSSR count). The first kappa shape index (κ1) is 12.0. The third kappa shape index (κ3) is 3.23. The number of nitrogens with zero attached hydrogens (tertiary/aromatic N) is 3. The van der Waals surface area contributed by atoms with Crippen LogP contribution in [0, 0.1) is 5.92 Å². The van der Waals surface area contributed by atoms with E-state index in [1.165, 1.54) is 0 Å². The Kier molecular flexibility index (Phi) is 4.03. The van der Waals surface area contributed by atoms with Crippen LogP contribution in [0.25, 0.3) is 0 Å². The lowest BCUT2D eigenvalue weighted by Crippen LogP contribution is -2.48. The van der Waals surface area contributed by atoms with Crippen molar-refractivity contribution in [3.63, 3.8) is 0 Å². The molecular formula is C10H18N6O. The van der Waals surface area contributed by atoms with Crippen molar-refractivity contribution in [2.45, 2.75) is 38.8 Å². The van der Waals surface area contributed by atoms with Crippen molar-refractivity contribution in [3.05, 3.63) is 5.82 Å². The Labute approximate surface area is 99.7 Å². The molecule has 2 atom stereocenters. The first-order chi connectivity index (χ1) is 8.29. The van der Waals surface area contributed by atoms with Gasteiger partial charge in [-0.1, -0.05) is 18.6 Å². The maximum Gasteiger partial charge on any atom is 0.237 e. The second-order valence-corrected chi connectivity index (χ2v) is 4.35. The van der Waals surface area contributed by atoms with E-state index in [0.717, 1.165) is 25.8 Å². The van der Waals surface area contributed by atoms with Crippen LogP contribution >= 0.6 is 0 Å². The van der Waals surface area contributed by atoms with Gasteiger partial charge in [-0.3, -0.25) is 4.79 Å². The van der Waals surface area contributed by atoms with Crippen molar-refractivity contribution >= 4 is 5.91 Å². The topological polar surface area (TPSA) is 95.6 Å². The zero-order chi connectivity index (χ0) is 12.1. The molecule has 17 heavy (non-hydrogen) atoms. The molecule has 0 bridgehead atoms. The van der Waals surface area contributed by atoms with E-state index in [0.29, 0.717) is 18.3 Å². The van der Waals surface area contributed by atoms with Gasteiger partial charge < -0.3 is 10.6 Å². The van der Waals surface area contributed by atoms with Crippen LogP contribution in [0.3, 0.4) is 0 Å². The monoisotopic (exact) mass is 238 g/mol. The van der Waals surface area contributed by atoms with Crippen LogP contribution < -0.4 is 10.6 Å². The van der Waals surface area contributed by atoms with E-state index in [1.54, 1.807) is 0 Å². The molecule has 0 spiro atoms. The largest absolute Gasteiger partial charge is 0.347 e. The van der Waals surface area contributed by atoms with Crippen LogP contribution in [0.5, 0.6) is 0 Å². The highest BCUT2D eigenvalue weighted by molar-refractivity contribution is 5.81. The van der Waals surface area contributed by atoms with E-state index >= 15 is 0 Å². The minimum atomic E-state index is -0.0828. The summed E-state index contributed by atoms with van der Waals surface area (Å²) < 4.78 is 0. The average molecular weight is 238 g/mol. The van der Waals surface area contributed by atoms with E-state index in [4.69, 9.17) is 0 Å². The van der Waals surface area contributed by atoms with Crippen LogP contribution in [0.1, 0.15) is 32.0 Å². The Hall–Kier alpha value is -1.50. The molecule has 1 aromatic rings. The molecule has 2 heterocycles. The molecule has 7 heteroatoms. The van der Waals surface area contributed by atoms with E-state index in [-0.39, 0.29) is 11.9 Å². The van der Waals surface area contributed by atoms with E-state index in [1.807, 2.05) is 0 Å². The predicted octanol–water partition coefficient (Wildman–Crippen LogP) is -0.406. The van der Waals surface area contributed by atoms with Gasteiger partial charge in [-0.15, -0.1) is 10.2 Å². The number of amides is 1. The molecule has 2 unspecified atom stereocenters. The molecule has 0 saturated carbocycles. The van der Waals surface area contributed by atoms with Gasteiger partial charge in [-0.2, -0.15) is 5.21 Å². The van der Waals surface area contributed by atoms with Crippen molar-refractivity contribution in [2.75, 3.05) is 6.54 Å². The molecule has 7 nitrogen and oxygen atoms in total. The normalized spacial score (nSPS) is 24.5. The molecule has 1 saturated heterocycles. The SMILES string of the molecule is CCC1CCNC(C(=O)NCc2nn[nH]n2)C1. The Morgan fingerprint density at radius 3 is 3.18 bits per heavy atom. The van der Waals surface area contributed by atoms with Crippen molar-refractivity contribution in [1.82, 2.24) is 31.3 Å². The summed E-state index contributed by atoms with van der Waals surface area (Å²) in [4.78, 5) is 11.9. The molecule has 94 valence electrons. The Bertz CT molecular complexity index is 352. The highest BCUT2D eigenvalue weighted by Crippen LogP contribution is 2.19. The summed E-state index contributed by atoms with van der Waals surface area (Å²) in [6.45, 7) is 3.41. The summed E-state index contributed by atoms with van der Waals surface area (Å²) in [5, 5.41) is 19.4. The second kappa shape index (κ2) is 5.72. The van der Waals surface area contributed by atoms with E-state index in [9.17, 15) is 4.79 Å². The summed E-state index contributed by atoms with van der Waals surface area (Å²) in [6, 6.07) is -0.0828. The van der Waals surface area contributed by atoms with Gasteiger partial charge >= 0.3 is 0 Å². The molecule has 1 aliphatic rings. The number of rotatable bonds is 4. The highest BCUT2D eigenvalue weighted by atomic mass is 16.2. The van der Waals surface area contributed by atoms with Crippen LogP contribution in [0.15, 0.2) is 0 Å². The lowest BCUT2D eigenvalue weighted by atomic mass is 9.90. The minimum Gasteiger partial charge on any atom is -0.347 e. The fraction of sp³-hybridized carbons (Fsp3) is 0.800. The van der Waals surface area contributed by atoms with Crippen LogP contribution in [0.4, 0.5) is 0 Å². The summed E-state index contributed by atoms with van der Waals surface area (Å²) >= 11 is 0. The average Bonchev–Trinajstić information content (AvgIpc) is 2.89. The smallest absolute Gasteiger partial charge is 0.237 e. The molecule has 0 radical (unpaired) electrons. The van der Waals surface area contributed by atoms with Crippen LogP contribution in [0.2, 0.25) is 0 Å². The molecule has 3 N–H and O–H groups in total. The number of aromatic amines is 1. The van der Waals surface area contributed by atoms with Gasteiger partial charge in [0.05, 0.1) is 12.6 Å². The lowest BCUT2D eigenvalue weighted by Gasteiger charge is -2.28. The van der Waals surface area contributed by atoms with Gasteiger partial charge in [-0.05, 0) is 25.3 Å². The van der Waals surface area contributed by atoms with Crippen molar-refractivity contribution in [3.8, 4) is 0 Å². The van der Waals surface area contributed by atoms with Crippen molar-refractivity contribution < 1.29 is 4.79 Å². The zero-order valence-corrected chi connectivity index (χ0v) is 9.94. The maximum atomic E-state index is 11.9. The summed E-state index contributed by atoms with van der Waals surface area (Å²) in [5.74, 6) is 1.17. The maximum absolute atomic E-state index is 11.9. The number of nitrogens with one attached hydrogen (secondary N) is 3. The Balaban J connectivity index is 1.79. The van der Waals surface area contributed by atoms with E-state index < -0.39 is 0 Å². The van der Waals surface area contributed by atoms with Crippen LogP contribution in [-0.4, -0.2) is 39.1 Å². The second-order valence-electron chi connectivity index (χ2n) is 4.35. The molecular weight excluding hydrogens is 220 g/mol. The summed E-state index contributed by atoms with van der Waals surface area (Å²) in [7, 11) is 0. The predicted molar refractivity (Wildman–Crippen MR) is 60.8 cm³/mol. The van der Waals surface area contributed by atoms with E-state index in [2.05, 4.69) is 38.2 Å². The highest BCUT2D eigenvalue weighted by Gasteiger charge is 2.25. The number of tetrazole rings is 1. The molecule has 1 aliphatic heterocycles. The van der Waals surface area contributed by atoms with Crippen LogP contribution in [-0.2, 0) is 11.3 Å². The summed E-state index contributed by atoms with van der Waals surface area (Å²) in [6.07, 6.45) is 3.20. The molecule has 0 aromatic carbocycles.